The van der Waals surface area contributed by atoms with E-state index in [0.29, 0.717) is 12.8 Å². The lowest BCUT2D eigenvalue weighted by atomic mass is 9.88. The Labute approximate surface area is 110 Å². The first-order chi connectivity index (χ1) is 9.08. The molecule has 2 atom stereocenters. The van der Waals surface area contributed by atoms with Gasteiger partial charge in [0.2, 0.25) is 5.91 Å². The van der Waals surface area contributed by atoms with Crippen molar-refractivity contribution in [3.63, 3.8) is 0 Å². The third-order valence-electron chi connectivity index (χ3n) is 3.12. The highest BCUT2D eigenvalue weighted by molar-refractivity contribution is 5.93. The SMILES string of the molecule is NC(=O)[C@@H]1CC=CC[C@H]1NC(=O)c1cccc(N)n1. The summed E-state index contributed by atoms with van der Waals surface area (Å²) in [7, 11) is 0. The number of hydrogen-bond acceptors (Lipinski definition) is 4. The fraction of sp³-hybridized carbons (Fsp3) is 0.308. The summed E-state index contributed by atoms with van der Waals surface area (Å²) in [5.41, 5.74) is 11.1. The molecule has 0 saturated heterocycles. The molecule has 100 valence electrons. The van der Waals surface area contributed by atoms with Crippen LogP contribution in [0, 0.1) is 5.92 Å². The van der Waals surface area contributed by atoms with Gasteiger partial charge in [0.1, 0.15) is 11.5 Å². The van der Waals surface area contributed by atoms with E-state index in [2.05, 4.69) is 10.3 Å². The predicted molar refractivity (Wildman–Crippen MR) is 71.0 cm³/mol. The summed E-state index contributed by atoms with van der Waals surface area (Å²) >= 11 is 0. The molecule has 0 fully saturated rings. The van der Waals surface area contributed by atoms with Gasteiger partial charge in [0, 0.05) is 6.04 Å². The van der Waals surface area contributed by atoms with E-state index in [0.717, 1.165) is 0 Å². The normalized spacial score (nSPS) is 21.9. The van der Waals surface area contributed by atoms with Gasteiger partial charge in [-0.1, -0.05) is 18.2 Å². The number of nitrogens with two attached hydrogens (primary N) is 2. The molecule has 0 unspecified atom stereocenters. The average molecular weight is 260 g/mol. The highest BCUT2D eigenvalue weighted by atomic mass is 16.2. The molecule has 1 aromatic rings. The molecule has 0 bridgehead atoms. The van der Waals surface area contributed by atoms with E-state index in [1.807, 2.05) is 12.2 Å². The molecule has 2 amide bonds. The number of hydrogen-bond donors (Lipinski definition) is 3. The van der Waals surface area contributed by atoms with E-state index in [4.69, 9.17) is 11.5 Å². The Hall–Kier alpha value is -2.37. The Morgan fingerprint density at radius 2 is 2.00 bits per heavy atom. The van der Waals surface area contributed by atoms with Gasteiger partial charge in [-0.05, 0) is 25.0 Å². The van der Waals surface area contributed by atoms with Crippen molar-refractivity contribution in [1.29, 1.82) is 0 Å². The van der Waals surface area contributed by atoms with Crippen molar-refractivity contribution >= 4 is 17.6 Å². The number of amides is 2. The number of allylic oxidation sites excluding steroid dienone is 1. The highest BCUT2D eigenvalue weighted by Gasteiger charge is 2.28. The van der Waals surface area contributed by atoms with Gasteiger partial charge in [-0.15, -0.1) is 0 Å². The van der Waals surface area contributed by atoms with Crippen molar-refractivity contribution in [3.8, 4) is 0 Å². The van der Waals surface area contributed by atoms with Crippen molar-refractivity contribution < 1.29 is 9.59 Å². The smallest absolute Gasteiger partial charge is 0.270 e. The number of aromatic nitrogens is 1. The molecule has 2 rings (SSSR count). The molecule has 0 aliphatic heterocycles. The molecular weight excluding hydrogens is 244 g/mol. The van der Waals surface area contributed by atoms with E-state index < -0.39 is 5.91 Å². The Kier molecular flexibility index (Phi) is 3.79. The van der Waals surface area contributed by atoms with E-state index >= 15 is 0 Å². The van der Waals surface area contributed by atoms with Crippen LogP contribution >= 0.6 is 0 Å². The molecule has 5 N–H and O–H groups in total. The van der Waals surface area contributed by atoms with Gasteiger partial charge in [-0.3, -0.25) is 9.59 Å². The minimum Gasteiger partial charge on any atom is -0.384 e. The van der Waals surface area contributed by atoms with Crippen LogP contribution in [0.4, 0.5) is 5.82 Å². The number of pyridine rings is 1. The third-order valence-corrected chi connectivity index (χ3v) is 3.12. The van der Waals surface area contributed by atoms with Gasteiger partial charge in [0.05, 0.1) is 5.92 Å². The second-order valence-electron chi connectivity index (χ2n) is 4.48. The van der Waals surface area contributed by atoms with Crippen molar-refractivity contribution in [1.82, 2.24) is 10.3 Å². The fourth-order valence-electron chi connectivity index (χ4n) is 2.11. The first-order valence-corrected chi connectivity index (χ1v) is 6.05. The molecule has 0 spiro atoms. The molecular formula is C13H16N4O2. The largest absolute Gasteiger partial charge is 0.384 e. The summed E-state index contributed by atoms with van der Waals surface area (Å²) in [6.45, 7) is 0. The second kappa shape index (κ2) is 5.51. The molecule has 0 radical (unpaired) electrons. The number of primary amides is 1. The lowest BCUT2D eigenvalue weighted by molar-refractivity contribution is -0.122. The number of carbonyl (C=O) groups excluding carboxylic acids is 2. The molecule has 0 aromatic carbocycles. The molecule has 1 heterocycles. The predicted octanol–water partition coefficient (Wildman–Crippen LogP) is 0.214. The zero-order chi connectivity index (χ0) is 13.8. The van der Waals surface area contributed by atoms with Crippen molar-refractivity contribution in [2.45, 2.75) is 18.9 Å². The molecule has 1 aromatic heterocycles. The average Bonchev–Trinajstić information content (AvgIpc) is 2.39. The first-order valence-electron chi connectivity index (χ1n) is 6.05. The Bertz CT molecular complexity index is 527. The number of nitrogens with one attached hydrogen (secondary N) is 1. The molecule has 6 nitrogen and oxygen atoms in total. The summed E-state index contributed by atoms with van der Waals surface area (Å²) in [4.78, 5) is 27.3. The molecule has 19 heavy (non-hydrogen) atoms. The van der Waals surface area contributed by atoms with Crippen LogP contribution in [-0.4, -0.2) is 22.8 Å². The topological polar surface area (TPSA) is 111 Å². The number of nitrogen functional groups attached to an aromatic ring is 1. The third kappa shape index (κ3) is 3.09. The van der Waals surface area contributed by atoms with Gasteiger partial charge in [0.25, 0.3) is 5.91 Å². The van der Waals surface area contributed by atoms with Crippen LogP contribution in [0.5, 0.6) is 0 Å². The summed E-state index contributed by atoms with van der Waals surface area (Å²) < 4.78 is 0. The van der Waals surface area contributed by atoms with Crippen molar-refractivity contribution in [2.75, 3.05) is 5.73 Å². The zero-order valence-corrected chi connectivity index (χ0v) is 10.4. The van der Waals surface area contributed by atoms with Crippen LogP contribution in [0.1, 0.15) is 23.3 Å². The van der Waals surface area contributed by atoms with Crippen molar-refractivity contribution in [3.05, 3.63) is 36.0 Å². The maximum absolute atomic E-state index is 12.0. The van der Waals surface area contributed by atoms with E-state index in [1.165, 1.54) is 0 Å². The Balaban J connectivity index is 2.09. The molecule has 1 aliphatic rings. The van der Waals surface area contributed by atoms with Crippen molar-refractivity contribution in [2.24, 2.45) is 11.7 Å². The summed E-state index contributed by atoms with van der Waals surface area (Å²) in [6.07, 6.45) is 4.96. The number of anilines is 1. The minimum absolute atomic E-state index is 0.234. The van der Waals surface area contributed by atoms with Crippen LogP contribution < -0.4 is 16.8 Å². The Morgan fingerprint density at radius 3 is 2.68 bits per heavy atom. The van der Waals surface area contributed by atoms with Crippen LogP contribution in [0.2, 0.25) is 0 Å². The molecule has 0 saturated carbocycles. The summed E-state index contributed by atoms with van der Waals surface area (Å²) in [5, 5.41) is 2.78. The minimum atomic E-state index is -0.407. The quantitative estimate of drug-likeness (QED) is 0.675. The first kappa shape index (κ1) is 13.1. The number of rotatable bonds is 3. The van der Waals surface area contributed by atoms with Gasteiger partial charge >= 0.3 is 0 Å². The lowest BCUT2D eigenvalue weighted by Gasteiger charge is -2.26. The van der Waals surface area contributed by atoms with Gasteiger partial charge < -0.3 is 16.8 Å². The molecule has 6 heteroatoms. The fourth-order valence-corrected chi connectivity index (χ4v) is 2.11. The van der Waals surface area contributed by atoms with E-state index in [1.54, 1.807) is 18.2 Å². The highest BCUT2D eigenvalue weighted by Crippen LogP contribution is 2.19. The van der Waals surface area contributed by atoms with Gasteiger partial charge in [-0.2, -0.15) is 0 Å². The van der Waals surface area contributed by atoms with E-state index in [9.17, 15) is 9.59 Å². The van der Waals surface area contributed by atoms with Gasteiger partial charge in [0.15, 0.2) is 0 Å². The zero-order valence-electron chi connectivity index (χ0n) is 10.4. The summed E-state index contributed by atoms with van der Waals surface area (Å²) in [6, 6.07) is 4.54. The maximum atomic E-state index is 12.0. The van der Waals surface area contributed by atoms with Crippen LogP contribution in [0.25, 0.3) is 0 Å². The number of carbonyl (C=O) groups is 2. The monoisotopic (exact) mass is 260 g/mol. The van der Waals surface area contributed by atoms with Gasteiger partial charge in [-0.25, -0.2) is 4.98 Å². The Morgan fingerprint density at radius 1 is 1.26 bits per heavy atom. The van der Waals surface area contributed by atoms with Crippen LogP contribution in [0.3, 0.4) is 0 Å². The lowest BCUT2D eigenvalue weighted by Crippen LogP contribution is -2.46. The maximum Gasteiger partial charge on any atom is 0.270 e. The number of nitrogens with zero attached hydrogens (tertiary/aromatic N) is 1. The van der Waals surface area contributed by atoms with Crippen LogP contribution in [0.15, 0.2) is 30.4 Å². The molecule has 1 aliphatic carbocycles. The summed E-state index contributed by atoms with van der Waals surface area (Å²) in [5.74, 6) is -0.855. The van der Waals surface area contributed by atoms with E-state index in [-0.39, 0.29) is 29.4 Å². The van der Waals surface area contributed by atoms with Crippen LogP contribution in [-0.2, 0) is 4.79 Å². The second-order valence-corrected chi connectivity index (χ2v) is 4.48. The standard InChI is InChI=1S/C13H16N4O2/c14-11-7-3-6-10(16-11)13(19)17-9-5-2-1-4-8(9)12(15)18/h1-3,6-9H,4-5H2,(H2,14,16)(H2,15,18)(H,17,19)/t8-,9-/m1/s1.